The Balaban J connectivity index is 1.31. The van der Waals surface area contributed by atoms with Gasteiger partial charge in [0.25, 0.3) is 5.91 Å². The van der Waals surface area contributed by atoms with Crippen LogP contribution in [-0.4, -0.2) is 60.9 Å². The third kappa shape index (κ3) is 4.74. The van der Waals surface area contributed by atoms with E-state index >= 15 is 0 Å². The topological polar surface area (TPSA) is 53.1 Å². The van der Waals surface area contributed by atoms with E-state index in [9.17, 15) is 18.4 Å². The van der Waals surface area contributed by atoms with Crippen LogP contribution in [0, 0.1) is 11.6 Å². The molecule has 8 heteroatoms. The maximum Gasteiger partial charge on any atom is 0.251 e. The number of ether oxygens (including phenoxy) is 1. The number of anilines is 1. The number of methoxy groups -OCH3 is 1. The van der Waals surface area contributed by atoms with Crippen LogP contribution in [0.3, 0.4) is 0 Å². The molecule has 0 bridgehead atoms. The van der Waals surface area contributed by atoms with Gasteiger partial charge in [0.05, 0.1) is 31.3 Å². The molecule has 186 valence electrons. The van der Waals surface area contributed by atoms with Crippen LogP contribution in [0.5, 0.6) is 5.75 Å². The summed E-state index contributed by atoms with van der Waals surface area (Å²) < 4.78 is 32.4. The summed E-state index contributed by atoms with van der Waals surface area (Å²) in [4.78, 5) is 31.6. The van der Waals surface area contributed by atoms with Crippen LogP contribution < -0.4 is 9.64 Å². The van der Waals surface area contributed by atoms with Gasteiger partial charge in [-0.3, -0.25) is 19.4 Å². The SMILES string of the molecule is COc1ccc(N2C(=O)CC(N3CCN(C(c4ccc(F)cc4)c4ccc(F)cc4)CC3)C2=O)cc1. The number of nitrogens with zero attached hydrogens (tertiary/aromatic N) is 3. The van der Waals surface area contributed by atoms with E-state index in [4.69, 9.17) is 4.74 Å². The molecule has 2 heterocycles. The molecular weight excluding hydrogens is 464 g/mol. The van der Waals surface area contributed by atoms with E-state index in [0.717, 1.165) is 11.1 Å². The minimum atomic E-state index is -0.503. The molecule has 1 unspecified atom stereocenters. The fourth-order valence-corrected chi connectivity index (χ4v) is 5.12. The first-order chi connectivity index (χ1) is 17.4. The van der Waals surface area contributed by atoms with Gasteiger partial charge in [0.2, 0.25) is 5.91 Å². The number of benzene rings is 3. The van der Waals surface area contributed by atoms with Crippen molar-refractivity contribution < 1.29 is 23.1 Å². The van der Waals surface area contributed by atoms with Crippen molar-refractivity contribution in [3.8, 4) is 5.75 Å². The predicted molar refractivity (Wildman–Crippen MR) is 132 cm³/mol. The molecule has 0 aromatic heterocycles. The number of imide groups is 1. The normalized spacial score (nSPS) is 19.3. The van der Waals surface area contributed by atoms with Crippen molar-refractivity contribution in [3.05, 3.63) is 95.6 Å². The van der Waals surface area contributed by atoms with Crippen molar-refractivity contribution in [2.75, 3.05) is 38.2 Å². The molecular formula is C28H27F2N3O3. The standard InChI is InChI=1S/C28H27F2N3O3/c1-36-24-12-10-23(11-13-24)33-26(34)18-25(28(33)35)31-14-16-32(17-15-31)27(19-2-6-21(29)7-3-19)20-4-8-22(30)9-5-20/h2-13,25,27H,14-18H2,1H3. The second-order valence-corrected chi connectivity index (χ2v) is 9.06. The van der Waals surface area contributed by atoms with Crippen LogP contribution >= 0.6 is 0 Å². The molecule has 5 rings (SSSR count). The van der Waals surface area contributed by atoms with Gasteiger partial charge >= 0.3 is 0 Å². The van der Waals surface area contributed by atoms with Gasteiger partial charge in [0.15, 0.2) is 0 Å². The highest BCUT2D eigenvalue weighted by atomic mass is 19.1. The Morgan fingerprint density at radius 1 is 0.778 bits per heavy atom. The van der Waals surface area contributed by atoms with E-state index in [0.29, 0.717) is 37.6 Å². The number of halogens is 2. The van der Waals surface area contributed by atoms with Crippen molar-refractivity contribution in [2.45, 2.75) is 18.5 Å². The number of piperazine rings is 1. The number of amides is 2. The van der Waals surface area contributed by atoms with Crippen LogP contribution in [0.25, 0.3) is 0 Å². The average Bonchev–Trinajstić information content (AvgIpc) is 3.20. The zero-order valence-electron chi connectivity index (χ0n) is 19.9. The maximum absolute atomic E-state index is 13.6. The van der Waals surface area contributed by atoms with Crippen molar-refractivity contribution >= 4 is 17.5 Å². The number of carbonyl (C=O) groups is 2. The lowest BCUT2D eigenvalue weighted by Gasteiger charge is -2.41. The van der Waals surface area contributed by atoms with Crippen molar-refractivity contribution in [2.24, 2.45) is 0 Å². The molecule has 3 aromatic rings. The smallest absolute Gasteiger partial charge is 0.251 e. The molecule has 3 aromatic carbocycles. The van der Waals surface area contributed by atoms with E-state index in [-0.39, 0.29) is 35.9 Å². The molecule has 36 heavy (non-hydrogen) atoms. The van der Waals surface area contributed by atoms with Crippen LogP contribution in [0.15, 0.2) is 72.8 Å². The van der Waals surface area contributed by atoms with Crippen molar-refractivity contribution in [1.82, 2.24) is 9.80 Å². The van der Waals surface area contributed by atoms with E-state index < -0.39 is 6.04 Å². The Hall–Kier alpha value is -3.62. The Morgan fingerprint density at radius 2 is 1.31 bits per heavy atom. The molecule has 2 amide bonds. The molecule has 2 aliphatic rings. The average molecular weight is 492 g/mol. The van der Waals surface area contributed by atoms with Crippen LogP contribution in [-0.2, 0) is 9.59 Å². The highest BCUT2D eigenvalue weighted by Crippen LogP contribution is 2.32. The summed E-state index contributed by atoms with van der Waals surface area (Å²) in [5.74, 6) is -0.401. The van der Waals surface area contributed by atoms with Gasteiger partial charge < -0.3 is 4.74 Å². The molecule has 2 aliphatic heterocycles. The van der Waals surface area contributed by atoms with Crippen LogP contribution in [0.1, 0.15) is 23.6 Å². The first kappa shape index (κ1) is 24.1. The largest absolute Gasteiger partial charge is 0.497 e. The fourth-order valence-electron chi connectivity index (χ4n) is 5.12. The Morgan fingerprint density at radius 3 is 1.81 bits per heavy atom. The third-order valence-electron chi connectivity index (χ3n) is 6.98. The Bertz CT molecular complexity index is 1180. The Labute approximate surface area is 208 Å². The van der Waals surface area contributed by atoms with Crippen molar-refractivity contribution in [3.63, 3.8) is 0 Å². The Kier molecular flexibility index (Phi) is 6.80. The van der Waals surface area contributed by atoms with Crippen molar-refractivity contribution in [1.29, 1.82) is 0 Å². The summed E-state index contributed by atoms with van der Waals surface area (Å²) in [7, 11) is 1.56. The molecule has 1 atom stereocenters. The number of hydrogen-bond acceptors (Lipinski definition) is 5. The summed E-state index contributed by atoms with van der Waals surface area (Å²) >= 11 is 0. The monoisotopic (exact) mass is 491 g/mol. The van der Waals surface area contributed by atoms with Gasteiger partial charge in [0, 0.05) is 26.2 Å². The fraction of sp³-hybridized carbons (Fsp3) is 0.286. The molecule has 0 aliphatic carbocycles. The lowest BCUT2D eigenvalue weighted by Crippen LogP contribution is -2.53. The zero-order valence-corrected chi connectivity index (χ0v) is 19.9. The first-order valence-corrected chi connectivity index (χ1v) is 11.9. The molecule has 6 nitrogen and oxygen atoms in total. The maximum atomic E-state index is 13.6. The summed E-state index contributed by atoms with van der Waals surface area (Å²) in [6, 6.07) is 18.9. The zero-order chi connectivity index (χ0) is 25.2. The van der Waals surface area contributed by atoms with E-state index in [1.165, 1.54) is 29.2 Å². The molecule has 0 radical (unpaired) electrons. The minimum Gasteiger partial charge on any atom is -0.497 e. The molecule has 2 saturated heterocycles. The van der Waals surface area contributed by atoms with Gasteiger partial charge in [-0.1, -0.05) is 24.3 Å². The number of carbonyl (C=O) groups excluding carboxylic acids is 2. The predicted octanol–water partition coefficient (Wildman–Crippen LogP) is 4.01. The van der Waals surface area contributed by atoms with Gasteiger partial charge in [-0.25, -0.2) is 13.7 Å². The number of rotatable bonds is 6. The number of hydrogen-bond donors (Lipinski definition) is 0. The molecule has 0 spiro atoms. The van der Waals surface area contributed by atoms with Crippen LogP contribution in [0.2, 0.25) is 0 Å². The second-order valence-electron chi connectivity index (χ2n) is 9.06. The van der Waals surface area contributed by atoms with Crippen LogP contribution in [0.4, 0.5) is 14.5 Å². The van der Waals surface area contributed by atoms with Gasteiger partial charge in [-0.2, -0.15) is 0 Å². The van der Waals surface area contributed by atoms with E-state index in [1.807, 2.05) is 0 Å². The quantitative estimate of drug-likeness (QED) is 0.488. The molecule has 2 fully saturated rings. The van der Waals surface area contributed by atoms with Gasteiger partial charge in [-0.15, -0.1) is 0 Å². The van der Waals surface area contributed by atoms with Gasteiger partial charge in [-0.05, 0) is 59.7 Å². The van der Waals surface area contributed by atoms with Gasteiger partial charge in [0.1, 0.15) is 17.4 Å². The minimum absolute atomic E-state index is 0.143. The third-order valence-corrected chi connectivity index (χ3v) is 6.98. The van der Waals surface area contributed by atoms with E-state index in [2.05, 4.69) is 9.80 Å². The summed E-state index contributed by atoms with van der Waals surface area (Å²) in [5.41, 5.74) is 2.36. The lowest BCUT2D eigenvalue weighted by molar-refractivity contribution is -0.123. The summed E-state index contributed by atoms with van der Waals surface area (Å²) in [6.07, 6.45) is 0.143. The summed E-state index contributed by atoms with van der Waals surface area (Å²) in [5, 5.41) is 0. The highest BCUT2D eigenvalue weighted by Gasteiger charge is 2.43. The highest BCUT2D eigenvalue weighted by molar-refractivity contribution is 6.22. The second kappa shape index (κ2) is 10.2. The summed E-state index contributed by atoms with van der Waals surface area (Å²) in [6.45, 7) is 2.47. The molecule has 0 N–H and O–H groups in total. The first-order valence-electron chi connectivity index (χ1n) is 11.9. The molecule has 0 saturated carbocycles. The van der Waals surface area contributed by atoms with E-state index in [1.54, 1.807) is 55.6 Å². The lowest BCUT2D eigenvalue weighted by atomic mass is 9.96.